The molecule has 0 unspecified atom stereocenters. The van der Waals surface area contributed by atoms with Crippen LogP contribution < -0.4 is 0 Å². The summed E-state index contributed by atoms with van der Waals surface area (Å²) >= 11 is 1.46. The summed E-state index contributed by atoms with van der Waals surface area (Å²) in [6.45, 7) is 0. The van der Waals surface area contributed by atoms with Crippen LogP contribution in [0.25, 0.3) is 11.3 Å². The topological polar surface area (TPSA) is 38.7 Å². The predicted octanol–water partition coefficient (Wildman–Crippen LogP) is 3.69. The molecule has 0 radical (unpaired) electrons. The summed E-state index contributed by atoms with van der Waals surface area (Å²) in [5.41, 5.74) is 2.02. The van der Waals surface area contributed by atoms with Crippen molar-refractivity contribution >= 4 is 11.8 Å². The Morgan fingerprint density at radius 1 is 0.737 bits per heavy atom. The molecule has 0 saturated heterocycles. The van der Waals surface area contributed by atoms with Gasteiger partial charge in [0.05, 0.1) is 5.69 Å². The van der Waals surface area contributed by atoms with Crippen LogP contribution >= 0.6 is 11.8 Å². The average Bonchev–Trinajstić information content (AvgIpc) is 2.49. The lowest BCUT2D eigenvalue weighted by Gasteiger charge is -2.03. The molecule has 0 N–H and O–H groups in total. The van der Waals surface area contributed by atoms with Gasteiger partial charge in [-0.05, 0) is 30.0 Å². The summed E-state index contributed by atoms with van der Waals surface area (Å²) in [7, 11) is 0. The molecule has 4 heteroatoms. The van der Waals surface area contributed by atoms with Crippen molar-refractivity contribution in [2.45, 2.75) is 10.2 Å². The van der Waals surface area contributed by atoms with E-state index in [2.05, 4.69) is 15.0 Å². The molecule has 0 amide bonds. The van der Waals surface area contributed by atoms with E-state index in [0.717, 1.165) is 16.3 Å². The van der Waals surface area contributed by atoms with Crippen LogP contribution in [0.4, 0.5) is 0 Å². The summed E-state index contributed by atoms with van der Waals surface area (Å²) in [5, 5.41) is 1.60. The van der Waals surface area contributed by atoms with E-state index in [9.17, 15) is 0 Å². The summed E-state index contributed by atoms with van der Waals surface area (Å²) in [6, 6.07) is 17.8. The van der Waals surface area contributed by atoms with Crippen LogP contribution in [0.3, 0.4) is 0 Å². The Balaban J connectivity index is 1.89. The third kappa shape index (κ3) is 2.98. The quantitative estimate of drug-likeness (QED) is 0.677. The average molecular weight is 265 g/mol. The second kappa shape index (κ2) is 5.63. The summed E-state index contributed by atoms with van der Waals surface area (Å²) in [5.74, 6) is 0. The molecule has 92 valence electrons. The SMILES string of the molecule is c1ccc(-c2ccnc(Sc3ccccn3)n2)cc1. The van der Waals surface area contributed by atoms with Crippen molar-refractivity contribution in [1.82, 2.24) is 15.0 Å². The van der Waals surface area contributed by atoms with Gasteiger partial charge >= 0.3 is 0 Å². The Morgan fingerprint density at radius 2 is 1.58 bits per heavy atom. The summed E-state index contributed by atoms with van der Waals surface area (Å²) < 4.78 is 0. The molecule has 0 aliphatic heterocycles. The van der Waals surface area contributed by atoms with Crippen LogP contribution in [0, 0.1) is 0 Å². The van der Waals surface area contributed by atoms with Crippen molar-refractivity contribution in [2.24, 2.45) is 0 Å². The second-order valence-electron chi connectivity index (χ2n) is 3.86. The molecule has 0 atom stereocenters. The highest BCUT2D eigenvalue weighted by Crippen LogP contribution is 2.24. The Hall–Kier alpha value is -2.20. The molecule has 0 saturated carbocycles. The zero-order valence-electron chi connectivity index (χ0n) is 10.1. The van der Waals surface area contributed by atoms with Gasteiger partial charge in [-0.2, -0.15) is 0 Å². The van der Waals surface area contributed by atoms with Gasteiger partial charge in [-0.3, -0.25) is 0 Å². The van der Waals surface area contributed by atoms with Crippen LogP contribution in [-0.2, 0) is 0 Å². The third-order valence-corrected chi connectivity index (χ3v) is 3.37. The van der Waals surface area contributed by atoms with Crippen molar-refractivity contribution in [3.8, 4) is 11.3 Å². The van der Waals surface area contributed by atoms with E-state index in [1.54, 1.807) is 12.4 Å². The van der Waals surface area contributed by atoms with Crippen molar-refractivity contribution in [1.29, 1.82) is 0 Å². The van der Waals surface area contributed by atoms with Gasteiger partial charge in [0.2, 0.25) is 0 Å². The Kier molecular flexibility index (Phi) is 3.51. The minimum Gasteiger partial charge on any atom is -0.249 e. The first-order valence-electron chi connectivity index (χ1n) is 5.89. The van der Waals surface area contributed by atoms with E-state index in [4.69, 9.17) is 0 Å². The molecule has 3 rings (SSSR count). The maximum atomic E-state index is 4.55. The van der Waals surface area contributed by atoms with Crippen molar-refractivity contribution in [3.63, 3.8) is 0 Å². The fourth-order valence-corrected chi connectivity index (χ4v) is 2.37. The molecular formula is C15H11N3S. The smallest absolute Gasteiger partial charge is 0.194 e. The van der Waals surface area contributed by atoms with E-state index in [0.29, 0.717) is 5.16 Å². The molecule has 19 heavy (non-hydrogen) atoms. The number of hydrogen-bond acceptors (Lipinski definition) is 4. The van der Waals surface area contributed by atoms with E-state index in [-0.39, 0.29) is 0 Å². The zero-order chi connectivity index (χ0) is 12.9. The summed E-state index contributed by atoms with van der Waals surface area (Å²) in [4.78, 5) is 13.1. The van der Waals surface area contributed by atoms with E-state index in [1.807, 2.05) is 54.6 Å². The van der Waals surface area contributed by atoms with Gasteiger partial charge in [0, 0.05) is 18.0 Å². The van der Waals surface area contributed by atoms with Gasteiger partial charge in [0.1, 0.15) is 5.03 Å². The molecule has 0 bridgehead atoms. The van der Waals surface area contributed by atoms with Crippen LogP contribution in [0.2, 0.25) is 0 Å². The van der Waals surface area contributed by atoms with E-state index < -0.39 is 0 Å². The third-order valence-electron chi connectivity index (χ3n) is 2.54. The van der Waals surface area contributed by atoms with Crippen molar-refractivity contribution in [3.05, 3.63) is 67.0 Å². The molecule has 1 aromatic carbocycles. The standard InChI is InChI=1S/C15H11N3S/c1-2-6-12(7-3-1)13-9-11-17-15(18-13)19-14-8-4-5-10-16-14/h1-11H. The van der Waals surface area contributed by atoms with Crippen molar-refractivity contribution < 1.29 is 0 Å². The van der Waals surface area contributed by atoms with Crippen LogP contribution in [-0.4, -0.2) is 15.0 Å². The Labute approximate surface area is 115 Å². The lowest BCUT2D eigenvalue weighted by Crippen LogP contribution is -1.90. The number of benzene rings is 1. The largest absolute Gasteiger partial charge is 0.249 e. The number of pyridine rings is 1. The first-order chi connectivity index (χ1) is 9.42. The number of nitrogens with zero attached hydrogens (tertiary/aromatic N) is 3. The van der Waals surface area contributed by atoms with Gasteiger partial charge in [-0.1, -0.05) is 36.4 Å². The summed E-state index contributed by atoms with van der Waals surface area (Å²) in [6.07, 6.45) is 3.55. The molecule has 0 spiro atoms. The number of rotatable bonds is 3. The molecule has 3 aromatic rings. The first kappa shape index (κ1) is 11.9. The monoisotopic (exact) mass is 265 g/mol. The predicted molar refractivity (Wildman–Crippen MR) is 75.8 cm³/mol. The fraction of sp³-hybridized carbons (Fsp3) is 0. The lowest BCUT2D eigenvalue weighted by molar-refractivity contribution is 0.966. The Bertz CT molecular complexity index is 657. The van der Waals surface area contributed by atoms with Gasteiger partial charge in [-0.25, -0.2) is 15.0 Å². The normalized spacial score (nSPS) is 10.3. The molecule has 2 heterocycles. The molecular weight excluding hydrogens is 254 g/mol. The maximum Gasteiger partial charge on any atom is 0.194 e. The zero-order valence-corrected chi connectivity index (χ0v) is 10.9. The fourth-order valence-electron chi connectivity index (χ4n) is 1.66. The van der Waals surface area contributed by atoms with Gasteiger partial charge < -0.3 is 0 Å². The van der Waals surface area contributed by atoms with Crippen molar-refractivity contribution in [2.75, 3.05) is 0 Å². The first-order valence-corrected chi connectivity index (χ1v) is 6.71. The van der Waals surface area contributed by atoms with Gasteiger partial charge in [-0.15, -0.1) is 0 Å². The van der Waals surface area contributed by atoms with Crippen LogP contribution in [0.1, 0.15) is 0 Å². The highest BCUT2D eigenvalue weighted by atomic mass is 32.2. The Morgan fingerprint density at radius 3 is 2.37 bits per heavy atom. The minimum atomic E-state index is 0.708. The number of aromatic nitrogens is 3. The van der Waals surface area contributed by atoms with E-state index in [1.165, 1.54) is 11.8 Å². The molecule has 0 aliphatic carbocycles. The van der Waals surface area contributed by atoms with Gasteiger partial charge in [0.15, 0.2) is 5.16 Å². The maximum absolute atomic E-state index is 4.55. The molecule has 0 aliphatic rings. The number of hydrogen-bond donors (Lipinski definition) is 0. The van der Waals surface area contributed by atoms with E-state index >= 15 is 0 Å². The van der Waals surface area contributed by atoms with Crippen LogP contribution in [0.15, 0.2) is 77.2 Å². The lowest BCUT2D eigenvalue weighted by atomic mass is 10.1. The highest BCUT2D eigenvalue weighted by molar-refractivity contribution is 7.99. The second-order valence-corrected chi connectivity index (χ2v) is 4.85. The molecule has 2 aromatic heterocycles. The van der Waals surface area contributed by atoms with Crippen LogP contribution in [0.5, 0.6) is 0 Å². The minimum absolute atomic E-state index is 0.708. The highest BCUT2D eigenvalue weighted by Gasteiger charge is 2.04. The molecule has 3 nitrogen and oxygen atoms in total. The van der Waals surface area contributed by atoms with Gasteiger partial charge in [0.25, 0.3) is 0 Å². The molecule has 0 fully saturated rings.